The van der Waals surface area contributed by atoms with Crippen LogP contribution in [0.15, 0.2) is 57.7 Å². The third-order valence-electron chi connectivity index (χ3n) is 4.58. The largest absolute Gasteiger partial charge is 0.543 e. The Morgan fingerprint density at radius 2 is 2.09 bits per heavy atom. The summed E-state index contributed by atoms with van der Waals surface area (Å²) in [4.78, 5) is 18.9. The third kappa shape index (κ3) is 4.94. The van der Waals surface area contributed by atoms with Gasteiger partial charge in [-0.25, -0.2) is 4.85 Å². The van der Waals surface area contributed by atoms with E-state index in [0.29, 0.717) is 29.4 Å². The highest BCUT2D eigenvalue weighted by Gasteiger charge is 2.16. The first-order valence-electron chi connectivity index (χ1n) is 9.90. The van der Waals surface area contributed by atoms with Crippen LogP contribution < -0.4 is 9.84 Å². The molecule has 166 valence electrons. The molecule has 2 heterocycles. The van der Waals surface area contributed by atoms with Gasteiger partial charge in [0.25, 0.3) is 5.89 Å². The molecule has 0 aliphatic heterocycles. The summed E-state index contributed by atoms with van der Waals surface area (Å²) in [5.74, 6) is -0.142. The molecule has 33 heavy (non-hydrogen) atoms. The summed E-state index contributed by atoms with van der Waals surface area (Å²) in [6.45, 7) is 11.6. The van der Waals surface area contributed by atoms with Crippen molar-refractivity contribution in [3.8, 4) is 28.6 Å². The Morgan fingerprint density at radius 1 is 1.27 bits per heavy atom. The van der Waals surface area contributed by atoms with E-state index in [0.717, 1.165) is 15.6 Å². The molecule has 0 aliphatic carbocycles. The molecule has 10 heteroatoms. The van der Waals surface area contributed by atoms with Crippen LogP contribution in [0.5, 0.6) is 5.75 Å². The van der Waals surface area contributed by atoms with Crippen molar-refractivity contribution in [2.45, 2.75) is 26.5 Å². The maximum absolute atomic E-state index is 10.9. The van der Waals surface area contributed by atoms with E-state index in [1.54, 1.807) is 24.4 Å². The molecule has 0 saturated heterocycles. The van der Waals surface area contributed by atoms with Crippen LogP contribution in [0.4, 0.5) is 5.69 Å². The fourth-order valence-corrected chi connectivity index (χ4v) is 3.73. The Morgan fingerprint density at radius 3 is 2.76 bits per heavy atom. The Bertz CT molecular complexity index is 1370. The van der Waals surface area contributed by atoms with E-state index in [2.05, 4.69) is 36.0 Å². The lowest BCUT2D eigenvalue weighted by molar-refractivity contribution is -0.255. The Kier molecular flexibility index (Phi) is 6.24. The van der Waals surface area contributed by atoms with Gasteiger partial charge in [-0.05, 0) is 55.8 Å². The van der Waals surface area contributed by atoms with Crippen molar-refractivity contribution in [1.82, 2.24) is 19.9 Å². The molecule has 2 aromatic carbocycles. The topological polar surface area (TPSA) is 110 Å². The zero-order valence-electron chi connectivity index (χ0n) is 17.7. The second kappa shape index (κ2) is 9.26. The van der Waals surface area contributed by atoms with Gasteiger partial charge in [0.05, 0.1) is 25.2 Å². The number of aromatic carboxylic acids is 1. The highest BCUT2D eigenvalue weighted by molar-refractivity contribution is 9.10. The number of carboxylic acids is 1. The second-order valence-corrected chi connectivity index (χ2v) is 8.24. The Hall–Kier alpha value is -3.97. The van der Waals surface area contributed by atoms with Crippen molar-refractivity contribution >= 4 is 27.6 Å². The summed E-state index contributed by atoms with van der Waals surface area (Å²) in [6, 6.07) is 12.1. The van der Waals surface area contributed by atoms with Crippen LogP contribution >= 0.6 is 15.9 Å². The number of carbonyl (C=O) groups is 1. The molecular weight excluding hydrogens is 490 g/mol. The average molecular weight is 507 g/mol. The van der Waals surface area contributed by atoms with Gasteiger partial charge in [-0.15, -0.1) is 0 Å². The Balaban J connectivity index is 1.56. The SMILES string of the molecule is [C-]#[N+]c1cc(-c2nc(-c3ccc(Cn4ccc(C(=O)[O-])n4)cc3Br)no2)ccc1OC(C)C. The first kappa shape index (κ1) is 22.2. The quantitative estimate of drug-likeness (QED) is 0.346. The molecule has 0 saturated carbocycles. The van der Waals surface area contributed by atoms with E-state index in [1.807, 2.05) is 32.0 Å². The molecule has 0 fully saturated rings. The molecule has 4 rings (SSSR count). The van der Waals surface area contributed by atoms with Crippen LogP contribution in [0.3, 0.4) is 0 Å². The van der Waals surface area contributed by atoms with Crippen molar-refractivity contribution in [3.05, 3.63) is 75.8 Å². The van der Waals surface area contributed by atoms with Gasteiger partial charge in [0.2, 0.25) is 11.5 Å². The van der Waals surface area contributed by atoms with Crippen molar-refractivity contribution in [2.75, 3.05) is 0 Å². The van der Waals surface area contributed by atoms with E-state index >= 15 is 0 Å². The van der Waals surface area contributed by atoms with E-state index in [9.17, 15) is 9.90 Å². The van der Waals surface area contributed by atoms with Crippen molar-refractivity contribution in [2.24, 2.45) is 0 Å². The van der Waals surface area contributed by atoms with Crippen LogP contribution in [-0.2, 0) is 6.54 Å². The smallest absolute Gasteiger partial charge is 0.256 e. The van der Waals surface area contributed by atoms with Gasteiger partial charge in [-0.1, -0.05) is 27.2 Å². The number of nitrogens with zero attached hydrogens (tertiary/aromatic N) is 5. The summed E-state index contributed by atoms with van der Waals surface area (Å²) in [7, 11) is 0. The lowest BCUT2D eigenvalue weighted by Gasteiger charge is -2.11. The summed E-state index contributed by atoms with van der Waals surface area (Å²) in [5.41, 5.74) is 2.48. The molecule has 0 aliphatic rings. The molecule has 0 spiro atoms. The summed E-state index contributed by atoms with van der Waals surface area (Å²) >= 11 is 3.53. The predicted octanol–water partition coefficient (Wildman–Crippen LogP) is 4.11. The molecule has 9 nitrogen and oxygen atoms in total. The van der Waals surface area contributed by atoms with Gasteiger partial charge in [-0.3, -0.25) is 4.68 Å². The molecule has 0 amide bonds. The number of aromatic nitrogens is 4. The number of carboxylic acid groups (broad SMARTS) is 1. The van der Waals surface area contributed by atoms with Crippen LogP contribution in [0.1, 0.15) is 29.9 Å². The summed E-state index contributed by atoms with van der Waals surface area (Å²) < 4.78 is 13.3. The molecule has 2 aromatic heterocycles. The minimum atomic E-state index is -1.32. The highest BCUT2D eigenvalue weighted by Crippen LogP contribution is 2.34. The number of hydrogen-bond acceptors (Lipinski definition) is 7. The molecular formula is C23H17BrN5O4-. The number of carbonyl (C=O) groups excluding carboxylic acids is 1. The van der Waals surface area contributed by atoms with E-state index in [1.165, 1.54) is 10.7 Å². The van der Waals surface area contributed by atoms with Gasteiger partial charge in [-0.2, -0.15) is 10.1 Å². The number of hydrogen-bond donors (Lipinski definition) is 0. The second-order valence-electron chi connectivity index (χ2n) is 7.38. The predicted molar refractivity (Wildman–Crippen MR) is 121 cm³/mol. The molecule has 0 atom stereocenters. The van der Waals surface area contributed by atoms with E-state index in [-0.39, 0.29) is 17.7 Å². The van der Waals surface area contributed by atoms with Crippen LogP contribution in [0, 0.1) is 6.57 Å². The van der Waals surface area contributed by atoms with Crippen LogP contribution in [-0.4, -0.2) is 32.0 Å². The lowest BCUT2D eigenvalue weighted by Crippen LogP contribution is -2.23. The lowest BCUT2D eigenvalue weighted by atomic mass is 10.1. The first-order valence-corrected chi connectivity index (χ1v) is 10.7. The van der Waals surface area contributed by atoms with Crippen LogP contribution in [0.2, 0.25) is 0 Å². The highest BCUT2D eigenvalue weighted by atomic mass is 79.9. The van der Waals surface area contributed by atoms with E-state index < -0.39 is 5.97 Å². The first-order chi connectivity index (χ1) is 15.8. The number of halogens is 1. The van der Waals surface area contributed by atoms with E-state index in [4.69, 9.17) is 15.8 Å². The zero-order chi connectivity index (χ0) is 23.5. The number of benzene rings is 2. The molecule has 0 N–H and O–H groups in total. The van der Waals surface area contributed by atoms with Crippen molar-refractivity contribution in [3.63, 3.8) is 0 Å². The number of ether oxygens (including phenoxy) is 1. The fourth-order valence-electron chi connectivity index (χ4n) is 3.13. The third-order valence-corrected chi connectivity index (χ3v) is 5.24. The minimum absolute atomic E-state index is 0.0452. The normalized spacial score (nSPS) is 10.9. The summed E-state index contributed by atoms with van der Waals surface area (Å²) in [5, 5.41) is 18.9. The van der Waals surface area contributed by atoms with Gasteiger partial charge in [0.1, 0.15) is 11.4 Å². The minimum Gasteiger partial charge on any atom is -0.543 e. The van der Waals surface area contributed by atoms with Gasteiger partial charge in [0, 0.05) is 21.8 Å². The molecule has 0 radical (unpaired) electrons. The van der Waals surface area contributed by atoms with Crippen molar-refractivity contribution < 1.29 is 19.2 Å². The fraction of sp³-hybridized carbons (Fsp3) is 0.174. The van der Waals surface area contributed by atoms with Gasteiger partial charge < -0.3 is 19.2 Å². The summed E-state index contributed by atoms with van der Waals surface area (Å²) in [6.07, 6.45) is 1.53. The number of rotatable bonds is 7. The maximum Gasteiger partial charge on any atom is 0.256 e. The standard InChI is InChI=1S/C23H18BrN5O4/c1-13(2)32-20-7-5-15(11-19(20)25-3)22-26-21(28-33-22)16-6-4-14(10-17(16)24)12-29-9-8-18(27-29)23(30)31/h4-11,13H,12H2,1-2H3,(H,30,31)/p-1. The molecule has 0 bridgehead atoms. The maximum atomic E-state index is 10.9. The van der Waals surface area contributed by atoms with Crippen LogP contribution in [0.25, 0.3) is 27.7 Å². The van der Waals surface area contributed by atoms with Crippen molar-refractivity contribution in [1.29, 1.82) is 0 Å². The molecule has 4 aromatic rings. The van der Waals surface area contributed by atoms with Gasteiger partial charge >= 0.3 is 0 Å². The monoisotopic (exact) mass is 506 g/mol. The zero-order valence-corrected chi connectivity index (χ0v) is 19.2. The average Bonchev–Trinajstić information content (AvgIpc) is 3.44. The van der Waals surface area contributed by atoms with Gasteiger partial charge in [0.15, 0.2) is 0 Å². The molecule has 0 unspecified atom stereocenters. The Labute approximate surface area is 197 Å².